The number of piperidine rings is 1. The van der Waals surface area contributed by atoms with E-state index in [1.165, 1.54) is 63.1 Å². The molecule has 1 atom stereocenters. The summed E-state index contributed by atoms with van der Waals surface area (Å²) in [6, 6.07) is 22.0. The van der Waals surface area contributed by atoms with Gasteiger partial charge in [0.25, 0.3) is 0 Å². The zero-order chi connectivity index (χ0) is 21.3. The molecule has 0 amide bonds. The fraction of sp³-hybridized carbons (Fsp3) is 0.407. The second kappa shape index (κ2) is 11.6. The van der Waals surface area contributed by atoms with Gasteiger partial charge in [-0.3, -0.25) is 4.90 Å². The molecular weight excluding hydrogens is 403 g/mol. The molecule has 0 bridgehead atoms. The van der Waals surface area contributed by atoms with Crippen LogP contribution in [0.15, 0.2) is 77.5 Å². The van der Waals surface area contributed by atoms with Crippen molar-refractivity contribution in [2.75, 3.05) is 32.7 Å². The lowest BCUT2D eigenvalue weighted by Gasteiger charge is -2.33. The summed E-state index contributed by atoms with van der Waals surface area (Å²) in [6.07, 6.45) is 3.73. The number of halogens is 1. The first kappa shape index (κ1) is 22.2. The van der Waals surface area contributed by atoms with Crippen LogP contribution >= 0.6 is 11.3 Å². The molecule has 2 aliphatic heterocycles. The van der Waals surface area contributed by atoms with Crippen molar-refractivity contribution in [1.29, 1.82) is 0 Å². The molecule has 3 heterocycles. The van der Waals surface area contributed by atoms with Gasteiger partial charge in [-0.15, -0.1) is 0 Å². The van der Waals surface area contributed by atoms with E-state index in [-0.39, 0.29) is 5.82 Å². The third-order valence-corrected chi connectivity index (χ3v) is 7.12. The number of benzene rings is 2. The highest BCUT2D eigenvalue weighted by Gasteiger charge is 2.27. The molecule has 164 valence electrons. The number of hydrogen-bond acceptors (Lipinski definition) is 3. The highest BCUT2D eigenvalue weighted by Crippen LogP contribution is 2.29. The van der Waals surface area contributed by atoms with E-state index in [2.05, 4.69) is 40.1 Å². The van der Waals surface area contributed by atoms with Crippen LogP contribution in [0.2, 0.25) is 0 Å². The number of likely N-dealkylation sites (tertiary alicyclic amines) is 2. The van der Waals surface area contributed by atoms with Gasteiger partial charge in [0.05, 0.1) is 0 Å². The smallest absolute Gasteiger partial charge is 0.123 e. The van der Waals surface area contributed by atoms with Crippen molar-refractivity contribution in [3.05, 3.63) is 94.4 Å². The van der Waals surface area contributed by atoms with Crippen molar-refractivity contribution >= 4 is 11.3 Å². The highest BCUT2D eigenvalue weighted by atomic mass is 32.1. The number of nitrogens with zero attached hydrogens (tertiary/aromatic N) is 2. The van der Waals surface area contributed by atoms with Crippen molar-refractivity contribution < 1.29 is 4.39 Å². The summed E-state index contributed by atoms with van der Waals surface area (Å²) in [5.41, 5.74) is 2.73. The van der Waals surface area contributed by atoms with Crippen LogP contribution in [-0.2, 0) is 6.54 Å². The van der Waals surface area contributed by atoms with E-state index in [9.17, 15) is 4.39 Å². The minimum atomic E-state index is -0.132. The summed E-state index contributed by atoms with van der Waals surface area (Å²) in [7, 11) is 0. The van der Waals surface area contributed by atoms with Crippen LogP contribution in [0.3, 0.4) is 0 Å². The van der Waals surface area contributed by atoms with Gasteiger partial charge in [0.15, 0.2) is 0 Å². The number of rotatable bonds is 5. The molecule has 2 aliphatic rings. The molecule has 5 rings (SSSR count). The van der Waals surface area contributed by atoms with E-state index in [0.717, 1.165) is 12.5 Å². The molecule has 1 aromatic heterocycles. The Hall–Kier alpha value is -2.01. The Morgan fingerprint density at radius 3 is 2.10 bits per heavy atom. The van der Waals surface area contributed by atoms with Crippen LogP contribution in [-0.4, -0.2) is 42.5 Å². The molecule has 31 heavy (non-hydrogen) atoms. The van der Waals surface area contributed by atoms with Gasteiger partial charge in [0, 0.05) is 19.6 Å². The zero-order valence-corrected chi connectivity index (χ0v) is 19.0. The highest BCUT2D eigenvalue weighted by molar-refractivity contribution is 7.07. The minimum Gasteiger partial charge on any atom is -0.303 e. The molecule has 2 nitrogen and oxygen atoms in total. The van der Waals surface area contributed by atoms with Crippen molar-refractivity contribution in [2.45, 2.75) is 31.7 Å². The monoisotopic (exact) mass is 436 g/mol. The van der Waals surface area contributed by atoms with Gasteiger partial charge in [0.2, 0.25) is 0 Å². The summed E-state index contributed by atoms with van der Waals surface area (Å²) in [5, 5.41) is 4.08. The molecule has 0 spiro atoms. The third kappa shape index (κ3) is 6.99. The van der Waals surface area contributed by atoms with Gasteiger partial charge < -0.3 is 4.90 Å². The topological polar surface area (TPSA) is 6.48 Å². The lowest BCUT2D eigenvalue weighted by Crippen LogP contribution is -2.37. The summed E-state index contributed by atoms with van der Waals surface area (Å²) >= 11 is 1.71. The fourth-order valence-corrected chi connectivity index (χ4v) is 5.28. The van der Waals surface area contributed by atoms with Crippen molar-refractivity contribution in [1.82, 2.24) is 9.80 Å². The average molecular weight is 437 g/mol. The quantitative estimate of drug-likeness (QED) is 0.465. The normalized spacial score (nSPS) is 20.4. The van der Waals surface area contributed by atoms with Crippen LogP contribution in [0.25, 0.3) is 0 Å². The minimum absolute atomic E-state index is 0.132. The zero-order valence-electron chi connectivity index (χ0n) is 18.2. The van der Waals surface area contributed by atoms with E-state index < -0.39 is 0 Å². The van der Waals surface area contributed by atoms with Gasteiger partial charge in [-0.05, 0) is 84.8 Å². The van der Waals surface area contributed by atoms with Crippen LogP contribution in [0.1, 0.15) is 36.3 Å². The lowest BCUT2D eigenvalue weighted by atomic mass is 9.89. The Balaban J connectivity index is 0.000000407. The predicted octanol–water partition coefficient (Wildman–Crippen LogP) is 6.28. The molecule has 0 N–H and O–H groups in total. The Kier molecular flexibility index (Phi) is 8.28. The molecule has 3 aromatic rings. The molecule has 4 heteroatoms. The lowest BCUT2D eigenvalue weighted by molar-refractivity contribution is 0.181. The maximum atomic E-state index is 13.1. The molecule has 2 aromatic carbocycles. The van der Waals surface area contributed by atoms with Crippen LogP contribution in [0.5, 0.6) is 0 Å². The largest absolute Gasteiger partial charge is 0.303 e. The molecule has 2 fully saturated rings. The summed E-state index contributed by atoms with van der Waals surface area (Å²) in [6.45, 7) is 7.14. The second-order valence-corrected chi connectivity index (χ2v) is 9.61. The first-order valence-corrected chi connectivity index (χ1v) is 12.4. The molecule has 0 saturated carbocycles. The van der Waals surface area contributed by atoms with Gasteiger partial charge in [-0.25, -0.2) is 4.39 Å². The maximum Gasteiger partial charge on any atom is 0.123 e. The van der Waals surface area contributed by atoms with Crippen LogP contribution in [0.4, 0.5) is 4.39 Å². The molecular formula is C27H33FN2S. The van der Waals surface area contributed by atoms with Gasteiger partial charge >= 0.3 is 0 Å². The van der Waals surface area contributed by atoms with E-state index in [4.69, 9.17) is 0 Å². The Bertz CT molecular complexity index is 841. The number of hydrogen-bond donors (Lipinski definition) is 0. The Morgan fingerprint density at radius 2 is 1.45 bits per heavy atom. The predicted molar refractivity (Wildman–Crippen MR) is 129 cm³/mol. The first-order valence-electron chi connectivity index (χ1n) is 11.5. The molecule has 0 radical (unpaired) electrons. The van der Waals surface area contributed by atoms with Gasteiger partial charge in [-0.2, -0.15) is 11.3 Å². The Morgan fingerprint density at radius 1 is 0.774 bits per heavy atom. The third-order valence-electron chi connectivity index (χ3n) is 6.49. The van der Waals surface area contributed by atoms with Crippen molar-refractivity contribution in [2.24, 2.45) is 5.92 Å². The second-order valence-electron chi connectivity index (χ2n) is 8.79. The van der Waals surface area contributed by atoms with Crippen molar-refractivity contribution in [3.63, 3.8) is 0 Å². The fourth-order valence-electron chi connectivity index (χ4n) is 4.82. The first-order chi connectivity index (χ1) is 15.3. The average Bonchev–Trinajstić information content (AvgIpc) is 3.52. The van der Waals surface area contributed by atoms with Gasteiger partial charge in [-0.1, -0.05) is 54.6 Å². The molecule has 0 aliphatic carbocycles. The molecule has 1 unspecified atom stereocenters. The van der Waals surface area contributed by atoms with E-state index in [1.54, 1.807) is 23.5 Å². The summed E-state index contributed by atoms with van der Waals surface area (Å²) in [5.74, 6) is 1.28. The Labute approximate surface area is 190 Å². The van der Waals surface area contributed by atoms with Crippen LogP contribution < -0.4 is 0 Å². The summed E-state index contributed by atoms with van der Waals surface area (Å²) < 4.78 is 13.1. The van der Waals surface area contributed by atoms with Gasteiger partial charge in [0.1, 0.15) is 5.82 Å². The van der Waals surface area contributed by atoms with E-state index in [1.807, 2.05) is 35.0 Å². The number of thiophene rings is 1. The van der Waals surface area contributed by atoms with Crippen molar-refractivity contribution in [3.8, 4) is 0 Å². The van der Waals surface area contributed by atoms with E-state index in [0.29, 0.717) is 5.92 Å². The maximum absolute atomic E-state index is 13.1. The van der Waals surface area contributed by atoms with Crippen LogP contribution in [0, 0.1) is 11.7 Å². The van der Waals surface area contributed by atoms with E-state index >= 15 is 0 Å². The summed E-state index contributed by atoms with van der Waals surface area (Å²) in [4.78, 5) is 5.25. The molecule has 2 saturated heterocycles. The SMILES string of the molecule is Fc1ccc(C2CCN(CC3CCN(Cc4ccccc4)C3)CC2)cc1.c1ccsc1. The standard InChI is InChI=1S/C23H29FN2.C4H4S/c24-23-8-6-21(7-9-23)22-11-14-25(15-12-22)17-20-10-13-26(18-20)16-19-4-2-1-3-5-19;1-2-4-5-3-1/h1-9,20,22H,10-18H2;1-4H.